The Morgan fingerprint density at radius 1 is 0.667 bits per heavy atom. The second kappa shape index (κ2) is 11.5. The highest BCUT2D eigenvalue weighted by atomic mass is 16.5. The van der Waals surface area contributed by atoms with Gasteiger partial charge in [0.2, 0.25) is 11.8 Å². The van der Waals surface area contributed by atoms with E-state index in [0.29, 0.717) is 13.2 Å². The molecular formula is C30H36N2O4. The van der Waals surface area contributed by atoms with Crippen LogP contribution in [0.5, 0.6) is 11.5 Å². The lowest BCUT2D eigenvalue weighted by atomic mass is 9.95. The summed E-state index contributed by atoms with van der Waals surface area (Å²) in [5, 5.41) is 0. The Hall–Kier alpha value is -3.54. The zero-order valence-corrected chi connectivity index (χ0v) is 21.7. The highest BCUT2D eigenvalue weighted by molar-refractivity contribution is 5.88. The predicted octanol–water partition coefficient (Wildman–Crippen LogP) is 5.80. The lowest BCUT2D eigenvalue weighted by molar-refractivity contribution is -0.129. The van der Waals surface area contributed by atoms with Crippen LogP contribution in [0, 0.1) is 0 Å². The van der Waals surface area contributed by atoms with E-state index in [0.717, 1.165) is 59.4 Å². The van der Waals surface area contributed by atoms with Gasteiger partial charge in [-0.15, -0.1) is 0 Å². The molecule has 2 unspecified atom stereocenters. The first-order valence-electron chi connectivity index (χ1n) is 12.8. The van der Waals surface area contributed by atoms with Crippen LogP contribution in [0.25, 0.3) is 12.2 Å². The second-order valence-electron chi connectivity index (χ2n) is 9.67. The zero-order valence-electron chi connectivity index (χ0n) is 21.7. The molecule has 0 spiro atoms. The van der Waals surface area contributed by atoms with Crippen LogP contribution in [0.2, 0.25) is 0 Å². The van der Waals surface area contributed by atoms with Crippen LogP contribution in [-0.2, 0) is 9.59 Å². The van der Waals surface area contributed by atoms with Crippen molar-refractivity contribution in [3.05, 3.63) is 71.1 Å². The number of carbonyl (C=O) groups excluding carboxylic acids is 2. The number of unbranched alkanes of at least 4 members (excludes halogenated alkanes) is 3. The van der Waals surface area contributed by atoms with Gasteiger partial charge in [0.1, 0.15) is 11.5 Å². The maximum absolute atomic E-state index is 12.4. The number of likely N-dealkylation sites (N-methyl/N-ethyl adjacent to an activating group) is 2. The van der Waals surface area contributed by atoms with Gasteiger partial charge in [0.05, 0.1) is 25.0 Å². The second-order valence-corrected chi connectivity index (χ2v) is 9.67. The van der Waals surface area contributed by atoms with Crippen LogP contribution in [0.1, 0.15) is 73.6 Å². The molecule has 2 aliphatic heterocycles. The molecule has 2 heterocycles. The van der Waals surface area contributed by atoms with Crippen LogP contribution >= 0.6 is 0 Å². The van der Waals surface area contributed by atoms with Gasteiger partial charge >= 0.3 is 0 Å². The summed E-state index contributed by atoms with van der Waals surface area (Å²) in [6.45, 7) is 5.18. The molecule has 0 fully saturated rings. The molecule has 0 radical (unpaired) electrons. The van der Waals surface area contributed by atoms with E-state index in [1.807, 2.05) is 74.8 Å². The van der Waals surface area contributed by atoms with Gasteiger partial charge in [-0.1, -0.05) is 12.1 Å². The van der Waals surface area contributed by atoms with Crippen molar-refractivity contribution >= 4 is 24.0 Å². The van der Waals surface area contributed by atoms with Crippen LogP contribution < -0.4 is 9.47 Å². The maximum atomic E-state index is 12.4. The first-order valence-corrected chi connectivity index (χ1v) is 12.8. The summed E-state index contributed by atoms with van der Waals surface area (Å²) in [6.07, 6.45) is 11.6. The minimum atomic E-state index is -0.190. The van der Waals surface area contributed by atoms with E-state index >= 15 is 0 Å². The summed E-state index contributed by atoms with van der Waals surface area (Å²) >= 11 is 0. The molecule has 2 aliphatic rings. The summed E-state index contributed by atoms with van der Waals surface area (Å²) < 4.78 is 11.9. The molecule has 0 aromatic heterocycles. The number of hydrogen-bond donors (Lipinski definition) is 0. The number of fused-ring (bicyclic) bond motifs is 2. The fourth-order valence-electron chi connectivity index (χ4n) is 4.68. The van der Waals surface area contributed by atoms with Crippen molar-refractivity contribution in [2.24, 2.45) is 0 Å². The third-order valence-electron chi connectivity index (χ3n) is 7.02. The van der Waals surface area contributed by atoms with Crippen molar-refractivity contribution < 1.29 is 19.1 Å². The molecule has 0 saturated carbocycles. The highest BCUT2D eigenvalue weighted by Gasteiger charge is 2.24. The van der Waals surface area contributed by atoms with Crippen molar-refractivity contribution in [1.82, 2.24) is 9.80 Å². The number of ether oxygens (including phenoxy) is 2. The monoisotopic (exact) mass is 488 g/mol. The molecule has 2 amide bonds. The topological polar surface area (TPSA) is 59.1 Å². The Morgan fingerprint density at radius 2 is 1.08 bits per heavy atom. The Balaban J connectivity index is 1.17. The summed E-state index contributed by atoms with van der Waals surface area (Å²) in [6, 6.07) is 12.0. The van der Waals surface area contributed by atoms with Crippen molar-refractivity contribution in [3.8, 4) is 11.5 Å². The molecule has 6 nitrogen and oxygen atoms in total. The highest BCUT2D eigenvalue weighted by Crippen LogP contribution is 2.31. The molecular weight excluding hydrogens is 452 g/mol. The molecule has 0 saturated heterocycles. The van der Waals surface area contributed by atoms with Gasteiger partial charge in [-0.25, -0.2) is 0 Å². The largest absolute Gasteiger partial charge is 0.494 e. The standard InChI is InChI=1S/C30H36N2O4/c1-21-27-19-25(11-9-23(27)13-15-31(3)29(21)33)35-17-7-5-6-8-18-36-26-12-10-24-14-16-32(4)30(34)22(2)28(24)20-26/h9-16,19-22H,5-8,17-18H2,1-4H3. The maximum Gasteiger partial charge on any atom is 0.233 e. The number of carbonyl (C=O) groups is 2. The van der Waals surface area contributed by atoms with E-state index in [9.17, 15) is 9.59 Å². The minimum Gasteiger partial charge on any atom is -0.494 e. The van der Waals surface area contributed by atoms with Crippen LogP contribution in [0.15, 0.2) is 48.8 Å². The molecule has 6 heteroatoms. The van der Waals surface area contributed by atoms with E-state index in [2.05, 4.69) is 0 Å². The van der Waals surface area contributed by atoms with Gasteiger partial charge in [0.25, 0.3) is 0 Å². The molecule has 2 aromatic rings. The number of amides is 2. The Morgan fingerprint density at radius 3 is 1.50 bits per heavy atom. The number of nitrogens with zero attached hydrogens (tertiary/aromatic N) is 2. The van der Waals surface area contributed by atoms with Crippen molar-refractivity contribution in [2.75, 3.05) is 27.3 Å². The summed E-state index contributed by atoms with van der Waals surface area (Å²) in [5.41, 5.74) is 4.14. The SMILES string of the molecule is CC1C(=O)N(C)C=Cc2ccc(OCCCCCCOc3ccc4c(c3)C(C)C(=O)N(C)C=C4)cc21. The van der Waals surface area contributed by atoms with Crippen LogP contribution in [0.3, 0.4) is 0 Å². The molecule has 2 aromatic carbocycles. The molecule has 2 atom stereocenters. The molecule has 4 rings (SSSR count). The van der Waals surface area contributed by atoms with E-state index in [4.69, 9.17) is 9.47 Å². The molecule has 0 aliphatic carbocycles. The third kappa shape index (κ3) is 5.81. The third-order valence-corrected chi connectivity index (χ3v) is 7.02. The molecule has 190 valence electrons. The Bertz CT molecular complexity index is 1080. The van der Waals surface area contributed by atoms with Gasteiger partial charge < -0.3 is 19.3 Å². The number of rotatable bonds is 9. The average molecular weight is 489 g/mol. The number of benzene rings is 2. The first kappa shape index (κ1) is 25.5. The molecule has 36 heavy (non-hydrogen) atoms. The first-order chi connectivity index (χ1) is 17.3. The van der Waals surface area contributed by atoms with Crippen LogP contribution in [-0.4, -0.2) is 48.9 Å². The molecule has 0 N–H and O–H groups in total. The van der Waals surface area contributed by atoms with Crippen molar-refractivity contribution in [1.29, 1.82) is 0 Å². The normalized spacial score (nSPS) is 19.0. The quantitative estimate of drug-likeness (QED) is 0.419. The molecule has 0 bridgehead atoms. The van der Waals surface area contributed by atoms with Gasteiger partial charge in [-0.3, -0.25) is 9.59 Å². The summed E-state index contributed by atoms with van der Waals surface area (Å²) in [5.74, 6) is 1.41. The summed E-state index contributed by atoms with van der Waals surface area (Å²) in [4.78, 5) is 28.1. The summed E-state index contributed by atoms with van der Waals surface area (Å²) in [7, 11) is 3.58. The van der Waals surface area contributed by atoms with Crippen molar-refractivity contribution in [2.45, 2.75) is 51.4 Å². The van der Waals surface area contributed by atoms with E-state index in [1.54, 1.807) is 23.9 Å². The fraction of sp³-hybridized carbons (Fsp3) is 0.400. The van der Waals surface area contributed by atoms with E-state index in [-0.39, 0.29) is 23.7 Å². The Labute approximate surface area is 214 Å². The average Bonchev–Trinajstić information content (AvgIpc) is 3.06. The van der Waals surface area contributed by atoms with Crippen molar-refractivity contribution in [3.63, 3.8) is 0 Å². The van der Waals surface area contributed by atoms with E-state index < -0.39 is 0 Å². The van der Waals surface area contributed by atoms with E-state index in [1.165, 1.54) is 0 Å². The Kier molecular flexibility index (Phi) is 8.14. The lowest BCUT2D eigenvalue weighted by Gasteiger charge is -2.17. The van der Waals surface area contributed by atoms with Gasteiger partial charge in [-0.05, 0) is 98.2 Å². The lowest BCUT2D eigenvalue weighted by Crippen LogP contribution is -2.24. The van der Waals surface area contributed by atoms with Crippen LogP contribution in [0.4, 0.5) is 0 Å². The van der Waals surface area contributed by atoms with Gasteiger partial charge in [0, 0.05) is 26.5 Å². The fourth-order valence-corrected chi connectivity index (χ4v) is 4.68. The van der Waals surface area contributed by atoms with Gasteiger partial charge in [-0.2, -0.15) is 0 Å². The zero-order chi connectivity index (χ0) is 25.7. The minimum absolute atomic E-state index is 0.0858. The van der Waals surface area contributed by atoms with Gasteiger partial charge in [0.15, 0.2) is 0 Å². The number of hydrogen-bond acceptors (Lipinski definition) is 4. The predicted molar refractivity (Wildman–Crippen MR) is 143 cm³/mol. The smallest absolute Gasteiger partial charge is 0.233 e.